The molecule has 0 atom stereocenters. The van der Waals surface area contributed by atoms with E-state index in [1.165, 1.54) is 18.2 Å². The van der Waals surface area contributed by atoms with Crippen LogP contribution in [-0.4, -0.2) is 16.2 Å². The van der Waals surface area contributed by atoms with E-state index >= 15 is 0 Å². The smallest absolute Gasteiger partial charge is 0.336 e. The molecule has 0 aliphatic carbocycles. The van der Waals surface area contributed by atoms with E-state index in [2.05, 4.69) is 5.16 Å². The van der Waals surface area contributed by atoms with Crippen LogP contribution in [0.5, 0.6) is 0 Å². The fourth-order valence-corrected chi connectivity index (χ4v) is 1.50. The van der Waals surface area contributed by atoms with Crippen molar-refractivity contribution in [3.8, 4) is 11.3 Å². The number of hydrogen-bond donors (Lipinski definition) is 2. The molecule has 1 aromatic carbocycles. The Kier molecular flexibility index (Phi) is 2.57. The first-order valence-corrected chi connectivity index (χ1v) is 4.70. The highest BCUT2D eigenvalue weighted by atomic mass is 32.1. The molecule has 0 saturated heterocycles. The number of halogens is 1. The van der Waals surface area contributed by atoms with Crippen LogP contribution in [0.25, 0.3) is 11.3 Å². The van der Waals surface area contributed by atoms with Crippen molar-refractivity contribution in [1.82, 2.24) is 5.16 Å². The topological polar surface area (TPSA) is 66.2 Å². The summed E-state index contributed by atoms with van der Waals surface area (Å²) in [4.78, 5) is 10.9. The Hall–Kier alpha value is -1.95. The number of aromatic nitrogens is 1. The molecule has 0 amide bonds. The highest BCUT2D eigenvalue weighted by molar-refractivity contribution is 7.71. The van der Waals surface area contributed by atoms with Crippen LogP contribution < -0.4 is 0 Å². The standard InChI is InChI=1S/C10H6FNO3S/c11-5-1-2-6(7(3-5)10(13)14)8-4-9(16)15-12-8/h1-4,12H,(H,13,14). The molecule has 0 unspecified atom stereocenters. The normalized spacial score (nSPS) is 10.3. The van der Waals surface area contributed by atoms with Crippen LogP contribution in [0.2, 0.25) is 0 Å². The molecule has 0 spiro atoms. The van der Waals surface area contributed by atoms with Crippen LogP contribution in [0.15, 0.2) is 28.8 Å². The molecule has 0 aliphatic heterocycles. The zero-order valence-corrected chi connectivity index (χ0v) is 8.68. The van der Waals surface area contributed by atoms with E-state index in [0.717, 1.165) is 6.07 Å². The van der Waals surface area contributed by atoms with Crippen LogP contribution in [-0.2, 0) is 0 Å². The Morgan fingerprint density at radius 1 is 1.44 bits per heavy atom. The first kappa shape index (κ1) is 10.6. The number of rotatable bonds is 2. The van der Waals surface area contributed by atoms with Crippen LogP contribution in [0.1, 0.15) is 10.4 Å². The quantitative estimate of drug-likeness (QED) is 0.791. The number of benzene rings is 1. The summed E-state index contributed by atoms with van der Waals surface area (Å²) in [6.45, 7) is 0. The molecule has 0 aliphatic rings. The Morgan fingerprint density at radius 3 is 2.75 bits per heavy atom. The molecule has 2 N–H and O–H groups in total. The summed E-state index contributed by atoms with van der Waals surface area (Å²) in [6, 6.07) is 4.94. The lowest BCUT2D eigenvalue weighted by atomic mass is 10.0. The molecule has 82 valence electrons. The van der Waals surface area contributed by atoms with Gasteiger partial charge in [-0.05, 0) is 30.4 Å². The first-order chi connectivity index (χ1) is 7.58. The average Bonchev–Trinajstić information content (AvgIpc) is 2.64. The van der Waals surface area contributed by atoms with Gasteiger partial charge < -0.3 is 9.63 Å². The third-order valence-electron chi connectivity index (χ3n) is 2.03. The molecule has 1 aromatic heterocycles. The van der Waals surface area contributed by atoms with Gasteiger partial charge >= 0.3 is 5.97 Å². The van der Waals surface area contributed by atoms with Crippen LogP contribution in [0.4, 0.5) is 4.39 Å². The Labute approximate surface area is 94.3 Å². The van der Waals surface area contributed by atoms with E-state index in [-0.39, 0.29) is 10.3 Å². The molecule has 2 aromatic rings. The fraction of sp³-hybridized carbons (Fsp3) is 0. The van der Waals surface area contributed by atoms with Crippen molar-refractivity contribution in [2.24, 2.45) is 0 Å². The van der Waals surface area contributed by atoms with E-state index in [9.17, 15) is 9.18 Å². The number of aromatic carboxylic acids is 1. The van der Waals surface area contributed by atoms with Crippen molar-refractivity contribution >= 4 is 18.2 Å². The molecular weight excluding hydrogens is 233 g/mol. The lowest BCUT2D eigenvalue weighted by Gasteiger charge is -2.02. The Balaban J connectivity index is 2.64. The van der Waals surface area contributed by atoms with Gasteiger partial charge in [-0.3, -0.25) is 0 Å². The molecule has 2 rings (SSSR count). The summed E-state index contributed by atoms with van der Waals surface area (Å²) in [5, 5.41) is 11.4. The van der Waals surface area contributed by atoms with Gasteiger partial charge in [0.05, 0.1) is 11.3 Å². The van der Waals surface area contributed by atoms with Gasteiger partial charge in [0.25, 0.3) is 0 Å². The van der Waals surface area contributed by atoms with Crippen molar-refractivity contribution in [2.45, 2.75) is 0 Å². The maximum absolute atomic E-state index is 12.9. The molecule has 1 heterocycles. The van der Waals surface area contributed by atoms with E-state index in [1.807, 2.05) is 0 Å². The predicted octanol–water partition coefficient (Wildman–Crippen LogP) is 2.84. The van der Waals surface area contributed by atoms with Crippen LogP contribution in [0, 0.1) is 10.5 Å². The molecule has 4 nitrogen and oxygen atoms in total. The third-order valence-corrected chi connectivity index (χ3v) is 2.23. The van der Waals surface area contributed by atoms with Gasteiger partial charge in [0.15, 0.2) is 0 Å². The number of carboxylic acids is 1. The monoisotopic (exact) mass is 239 g/mol. The maximum Gasteiger partial charge on any atom is 0.336 e. The Morgan fingerprint density at radius 2 is 2.19 bits per heavy atom. The lowest BCUT2D eigenvalue weighted by Crippen LogP contribution is -2.00. The van der Waals surface area contributed by atoms with E-state index in [4.69, 9.17) is 21.8 Å². The largest absolute Gasteiger partial charge is 0.478 e. The van der Waals surface area contributed by atoms with Crippen molar-refractivity contribution in [3.63, 3.8) is 0 Å². The molecule has 6 heteroatoms. The molecule has 0 saturated carbocycles. The summed E-state index contributed by atoms with van der Waals surface area (Å²) in [6.07, 6.45) is 0. The molecule has 0 radical (unpaired) electrons. The van der Waals surface area contributed by atoms with Gasteiger partial charge in [-0.25, -0.2) is 14.3 Å². The van der Waals surface area contributed by atoms with Crippen molar-refractivity contribution in [2.75, 3.05) is 0 Å². The zero-order chi connectivity index (χ0) is 11.7. The predicted molar refractivity (Wildman–Crippen MR) is 56.2 cm³/mol. The van der Waals surface area contributed by atoms with Gasteiger partial charge in [0, 0.05) is 11.6 Å². The molecule has 16 heavy (non-hydrogen) atoms. The Bertz CT molecular complexity index is 602. The van der Waals surface area contributed by atoms with Gasteiger partial charge in [0.1, 0.15) is 5.82 Å². The number of nitrogens with one attached hydrogen (secondary N) is 1. The number of aromatic amines is 1. The minimum atomic E-state index is -1.21. The van der Waals surface area contributed by atoms with Crippen molar-refractivity contribution < 1.29 is 18.8 Å². The highest BCUT2D eigenvalue weighted by Gasteiger charge is 2.14. The van der Waals surface area contributed by atoms with Gasteiger partial charge in [-0.2, -0.15) is 0 Å². The van der Waals surface area contributed by atoms with E-state index < -0.39 is 11.8 Å². The minimum absolute atomic E-state index is 0.146. The van der Waals surface area contributed by atoms with Crippen molar-refractivity contribution in [3.05, 3.63) is 40.4 Å². The van der Waals surface area contributed by atoms with Crippen molar-refractivity contribution in [1.29, 1.82) is 0 Å². The van der Waals surface area contributed by atoms with E-state index in [0.29, 0.717) is 11.3 Å². The third kappa shape index (κ3) is 1.87. The number of hydrogen-bond acceptors (Lipinski definition) is 3. The summed E-state index contributed by atoms with van der Waals surface area (Å²) in [5.41, 5.74) is 0.586. The molecule has 0 bridgehead atoms. The second-order valence-corrected chi connectivity index (χ2v) is 3.48. The fourth-order valence-electron chi connectivity index (χ4n) is 1.34. The van der Waals surface area contributed by atoms with E-state index in [1.54, 1.807) is 0 Å². The summed E-state index contributed by atoms with van der Waals surface area (Å²) in [7, 11) is 0. The SMILES string of the molecule is O=C(O)c1cc(F)ccc1-c1cc(=S)o[nH]1. The minimum Gasteiger partial charge on any atom is -0.478 e. The second kappa shape index (κ2) is 3.90. The average molecular weight is 239 g/mol. The van der Waals surface area contributed by atoms with Crippen LogP contribution >= 0.6 is 12.2 Å². The summed E-state index contributed by atoms with van der Waals surface area (Å²) in [5.74, 6) is -1.82. The summed E-state index contributed by atoms with van der Waals surface area (Å²) < 4.78 is 17.9. The zero-order valence-electron chi connectivity index (χ0n) is 7.86. The molecular formula is C10H6FNO3S. The van der Waals surface area contributed by atoms with Gasteiger partial charge in [-0.15, -0.1) is 0 Å². The number of carbonyl (C=O) groups is 1. The second-order valence-electron chi connectivity index (χ2n) is 3.08. The van der Waals surface area contributed by atoms with Gasteiger partial charge in [-0.1, -0.05) is 0 Å². The van der Waals surface area contributed by atoms with Crippen LogP contribution in [0.3, 0.4) is 0 Å². The highest BCUT2D eigenvalue weighted by Crippen LogP contribution is 2.23. The maximum atomic E-state index is 12.9. The summed E-state index contributed by atoms with van der Waals surface area (Å²) >= 11 is 4.75. The lowest BCUT2D eigenvalue weighted by molar-refractivity contribution is 0.0697. The number of carboxylic acid groups (broad SMARTS) is 1. The number of H-pyrrole nitrogens is 1. The first-order valence-electron chi connectivity index (χ1n) is 4.29. The molecule has 0 fully saturated rings. The van der Waals surface area contributed by atoms with Gasteiger partial charge in [0.2, 0.25) is 4.71 Å².